The monoisotopic (exact) mass is 342 g/mol. The molecule has 5 nitrogen and oxygen atoms in total. The van der Waals surface area contributed by atoms with E-state index < -0.39 is 6.10 Å². The first-order valence-electron chi connectivity index (χ1n) is 7.67. The van der Waals surface area contributed by atoms with Crippen LogP contribution in [0.3, 0.4) is 0 Å². The van der Waals surface area contributed by atoms with Gasteiger partial charge >= 0.3 is 0 Å². The van der Waals surface area contributed by atoms with E-state index in [1.165, 1.54) is 11.3 Å². The van der Waals surface area contributed by atoms with Crippen molar-refractivity contribution < 1.29 is 14.3 Å². The van der Waals surface area contributed by atoms with Gasteiger partial charge in [-0.2, -0.15) is 0 Å². The fourth-order valence-corrected chi connectivity index (χ4v) is 3.24. The predicted molar refractivity (Wildman–Crippen MR) is 92.9 cm³/mol. The van der Waals surface area contributed by atoms with Crippen LogP contribution in [-0.2, 0) is 0 Å². The summed E-state index contributed by atoms with van der Waals surface area (Å²) in [6.07, 6.45) is 1.43. The Morgan fingerprint density at radius 3 is 2.79 bits per heavy atom. The highest BCUT2D eigenvalue weighted by atomic mass is 32.1. The summed E-state index contributed by atoms with van der Waals surface area (Å²) in [6.45, 7) is 2.24. The topological polar surface area (TPSA) is 75.4 Å². The maximum absolute atomic E-state index is 12.3. The van der Waals surface area contributed by atoms with Gasteiger partial charge in [0.15, 0.2) is 10.8 Å². The molecule has 3 rings (SSSR count). The highest BCUT2D eigenvalue weighted by Crippen LogP contribution is 2.27. The van der Waals surface area contributed by atoms with Crippen LogP contribution in [0.2, 0.25) is 0 Å². The summed E-state index contributed by atoms with van der Waals surface area (Å²) in [5, 5.41) is 13.6. The molecule has 0 aliphatic heterocycles. The van der Waals surface area contributed by atoms with Crippen molar-refractivity contribution >= 4 is 17.2 Å². The summed E-state index contributed by atoms with van der Waals surface area (Å²) in [4.78, 5) is 17.5. The second-order valence-corrected chi connectivity index (χ2v) is 6.58. The smallest absolute Gasteiger partial charge is 0.271 e. The quantitative estimate of drug-likeness (QED) is 0.718. The van der Waals surface area contributed by atoms with Gasteiger partial charge in [0.05, 0.1) is 12.4 Å². The van der Waals surface area contributed by atoms with E-state index in [0.29, 0.717) is 29.4 Å². The van der Waals surface area contributed by atoms with Gasteiger partial charge < -0.3 is 14.8 Å². The highest BCUT2D eigenvalue weighted by molar-refractivity contribution is 7.15. The molecule has 3 aromatic rings. The normalized spacial score (nSPS) is 12.1. The van der Waals surface area contributed by atoms with E-state index in [-0.39, 0.29) is 5.91 Å². The first kappa shape index (κ1) is 16.4. The lowest BCUT2D eigenvalue weighted by molar-refractivity contribution is 0.0938. The van der Waals surface area contributed by atoms with Crippen LogP contribution < -0.4 is 5.32 Å². The number of nitrogens with zero attached hydrogens (tertiary/aromatic N) is 1. The average Bonchev–Trinajstić information content (AvgIpc) is 3.25. The Labute approximate surface area is 144 Å². The van der Waals surface area contributed by atoms with Crippen LogP contribution in [0.5, 0.6) is 0 Å². The summed E-state index contributed by atoms with van der Waals surface area (Å²) in [5.74, 6) is 0.420. The SMILES string of the molecule is Cc1sc(-c2ccco2)nc1C(=O)NCCC(O)c1ccccc1. The van der Waals surface area contributed by atoms with Gasteiger partial charge in [-0.05, 0) is 31.0 Å². The number of aliphatic hydroxyl groups is 1. The number of aliphatic hydroxyl groups excluding tert-OH is 1. The van der Waals surface area contributed by atoms with Crippen molar-refractivity contribution in [2.45, 2.75) is 19.4 Å². The molecule has 6 heteroatoms. The summed E-state index contributed by atoms with van der Waals surface area (Å²) in [7, 11) is 0. The van der Waals surface area contributed by atoms with Crippen LogP contribution in [0.1, 0.15) is 33.5 Å². The maximum atomic E-state index is 12.3. The minimum atomic E-state index is -0.596. The number of carbonyl (C=O) groups is 1. The van der Waals surface area contributed by atoms with Crippen molar-refractivity contribution in [3.8, 4) is 10.8 Å². The van der Waals surface area contributed by atoms with E-state index in [0.717, 1.165) is 10.4 Å². The first-order chi connectivity index (χ1) is 11.6. The Balaban J connectivity index is 1.58. The maximum Gasteiger partial charge on any atom is 0.271 e. The molecule has 0 bridgehead atoms. The molecular formula is C18H18N2O3S. The molecule has 124 valence electrons. The summed E-state index contributed by atoms with van der Waals surface area (Å²) in [6, 6.07) is 13.0. The molecule has 1 amide bonds. The molecule has 1 aromatic carbocycles. The minimum absolute atomic E-state index is 0.234. The number of benzene rings is 1. The number of nitrogens with one attached hydrogen (secondary N) is 1. The largest absolute Gasteiger partial charge is 0.462 e. The van der Waals surface area contributed by atoms with Crippen molar-refractivity contribution in [2.75, 3.05) is 6.54 Å². The highest BCUT2D eigenvalue weighted by Gasteiger charge is 2.17. The molecule has 2 N–H and O–H groups in total. The zero-order valence-electron chi connectivity index (χ0n) is 13.2. The number of furan rings is 1. The van der Waals surface area contributed by atoms with E-state index in [9.17, 15) is 9.90 Å². The number of aromatic nitrogens is 1. The Morgan fingerprint density at radius 1 is 1.29 bits per heavy atom. The van der Waals surface area contributed by atoms with Gasteiger partial charge in [0, 0.05) is 11.4 Å². The van der Waals surface area contributed by atoms with Gasteiger partial charge in [-0.1, -0.05) is 30.3 Å². The van der Waals surface area contributed by atoms with Gasteiger partial charge in [-0.25, -0.2) is 4.98 Å². The zero-order valence-corrected chi connectivity index (χ0v) is 14.0. The fourth-order valence-electron chi connectivity index (χ4n) is 2.36. The molecule has 0 radical (unpaired) electrons. The van der Waals surface area contributed by atoms with Crippen LogP contribution in [-0.4, -0.2) is 22.5 Å². The van der Waals surface area contributed by atoms with Gasteiger partial charge in [-0.15, -0.1) is 11.3 Å². The molecule has 2 aromatic heterocycles. The van der Waals surface area contributed by atoms with Crippen LogP contribution in [0.25, 0.3) is 10.8 Å². The van der Waals surface area contributed by atoms with E-state index in [2.05, 4.69) is 10.3 Å². The van der Waals surface area contributed by atoms with Crippen molar-refractivity contribution in [2.24, 2.45) is 0 Å². The molecule has 1 unspecified atom stereocenters. The van der Waals surface area contributed by atoms with E-state index >= 15 is 0 Å². The number of hydrogen-bond acceptors (Lipinski definition) is 5. The van der Waals surface area contributed by atoms with Gasteiger partial charge in [0.1, 0.15) is 5.69 Å². The molecule has 24 heavy (non-hydrogen) atoms. The van der Waals surface area contributed by atoms with Crippen molar-refractivity contribution in [1.82, 2.24) is 10.3 Å². The molecule has 0 spiro atoms. The number of aryl methyl sites for hydroxylation is 1. The van der Waals surface area contributed by atoms with Crippen LogP contribution in [0, 0.1) is 6.92 Å². The summed E-state index contributed by atoms with van der Waals surface area (Å²) < 4.78 is 5.31. The molecule has 0 aliphatic rings. The third-order valence-corrected chi connectivity index (χ3v) is 4.62. The van der Waals surface area contributed by atoms with Gasteiger partial charge in [-0.3, -0.25) is 4.79 Å². The molecule has 0 fully saturated rings. The van der Waals surface area contributed by atoms with E-state index in [4.69, 9.17) is 4.42 Å². The molecule has 2 heterocycles. The first-order valence-corrected chi connectivity index (χ1v) is 8.49. The van der Waals surface area contributed by atoms with Crippen molar-refractivity contribution in [3.63, 3.8) is 0 Å². The average molecular weight is 342 g/mol. The molecular weight excluding hydrogens is 324 g/mol. The summed E-state index contributed by atoms with van der Waals surface area (Å²) >= 11 is 1.42. The third kappa shape index (κ3) is 3.72. The Hall–Kier alpha value is -2.44. The second kappa shape index (κ2) is 7.42. The van der Waals surface area contributed by atoms with Crippen molar-refractivity contribution in [1.29, 1.82) is 0 Å². The second-order valence-electron chi connectivity index (χ2n) is 5.37. The Kier molecular flexibility index (Phi) is 5.08. The molecule has 0 aliphatic carbocycles. The predicted octanol–water partition coefficient (Wildman–Crippen LogP) is 3.57. The van der Waals surface area contributed by atoms with Crippen molar-refractivity contribution in [3.05, 3.63) is 64.9 Å². The number of thiazole rings is 1. The lowest BCUT2D eigenvalue weighted by Gasteiger charge is -2.11. The molecule has 0 saturated carbocycles. The third-order valence-electron chi connectivity index (χ3n) is 3.63. The van der Waals surface area contributed by atoms with Crippen LogP contribution in [0.4, 0.5) is 0 Å². The lowest BCUT2D eigenvalue weighted by atomic mass is 10.1. The number of amides is 1. The summed E-state index contributed by atoms with van der Waals surface area (Å²) in [5.41, 5.74) is 1.25. The standard InChI is InChI=1S/C18H18N2O3S/c1-12-16(20-18(24-12)15-8-5-11-23-15)17(22)19-10-9-14(21)13-6-3-2-4-7-13/h2-8,11,14,21H,9-10H2,1H3,(H,19,22). The fraction of sp³-hybridized carbons (Fsp3) is 0.222. The number of hydrogen-bond donors (Lipinski definition) is 2. The molecule has 0 saturated heterocycles. The molecule has 1 atom stereocenters. The van der Waals surface area contributed by atoms with Crippen LogP contribution in [0.15, 0.2) is 53.1 Å². The minimum Gasteiger partial charge on any atom is -0.462 e. The number of carbonyl (C=O) groups excluding carboxylic acids is 1. The van der Waals surface area contributed by atoms with Crippen LogP contribution >= 0.6 is 11.3 Å². The lowest BCUT2D eigenvalue weighted by Crippen LogP contribution is -2.26. The Morgan fingerprint density at radius 2 is 2.08 bits per heavy atom. The van der Waals surface area contributed by atoms with Gasteiger partial charge in [0.2, 0.25) is 0 Å². The van der Waals surface area contributed by atoms with E-state index in [1.54, 1.807) is 12.3 Å². The van der Waals surface area contributed by atoms with E-state index in [1.807, 2.05) is 43.3 Å². The van der Waals surface area contributed by atoms with Gasteiger partial charge in [0.25, 0.3) is 5.91 Å². The number of rotatable bonds is 6. The Bertz CT molecular complexity index is 797. The zero-order chi connectivity index (χ0) is 16.9.